The van der Waals surface area contributed by atoms with Gasteiger partial charge in [0.2, 0.25) is 0 Å². The van der Waals surface area contributed by atoms with Crippen LogP contribution in [0.15, 0.2) is 36.9 Å². The summed E-state index contributed by atoms with van der Waals surface area (Å²) in [7, 11) is 0. The van der Waals surface area contributed by atoms with Crippen LogP contribution in [0.5, 0.6) is 5.75 Å². The average Bonchev–Trinajstić information content (AvgIpc) is 3.29. The van der Waals surface area contributed by atoms with Crippen molar-refractivity contribution in [2.24, 2.45) is 0 Å². The molecule has 5 nitrogen and oxygen atoms in total. The van der Waals surface area contributed by atoms with Crippen LogP contribution in [0.25, 0.3) is 0 Å². The lowest BCUT2D eigenvalue weighted by Crippen LogP contribution is -2.47. The van der Waals surface area contributed by atoms with Gasteiger partial charge in [-0.05, 0) is 37.1 Å². The molecule has 3 heterocycles. The number of piperazine rings is 1. The highest BCUT2D eigenvalue weighted by Crippen LogP contribution is 2.26. The maximum Gasteiger partial charge on any atom is 0.178 e. The van der Waals surface area contributed by atoms with E-state index in [9.17, 15) is 4.79 Å². The SMILES string of the molecule is C=CCn1c(C)cc(C(=O)CN2CCN(Cc3ccc4c(c3)CCO4)CC2)c1C. The number of hydrogen-bond acceptors (Lipinski definition) is 4. The number of fused-ring (bicyclic) bond motifs is 1. The molecule has 0 unspecified atom stereocenters. The number of carbonyl (C=O) groups is 1. The van der Waals surface area contributed by atoms with E-state index in [4.69, 9.17) is 4.74 Å². The van der Waals surface area contributed by atoms with Gasteiger partial charge in [0.15, 0.2) is 5.78 Å². The fourth-order valence-corrected chi connectivity index (χ4v) is 4.48. The number of aryl methyl sites for hydroxylation is 1. The second-order valence-electron chi connectivity index (χ2n) is 8.20. The minimum atomic E-state index is 0.223. The number of aromatic nitrogens is 1. The fraction of sp³-hybridized carbons (Fsp3) is 0.458. The average molecular weight is 394 g/mol. The third-order valence-electron chi connectivity index (χ3n) is 6.18. The molecular formula is C24H31N3O2. The number of nitrogens with zero attached hydrogens (tertiary/aromatic N) is 3. The lowest BCUT2D eigenvalue weighted by atomic mass is 10.1. The highest BCUT2D eigenvalue weighted by Gasteiger charge is 2.22. The van der Waals surface area contributed by atoms with Crippen molar-refractivity contribution >= 4 is 5.78 Å². The highest BCUT2D eigenvalue weighted by atomic mass is 16.5. The van der Waals surface area contributed by atoms with Crippen molar-refractivity contribution in [3.05, 3.63) is 65.0 Å². The van der Waals surface area contributed by atoms with E-state index in [0.717, 1.165) is 75.0 Å². The van der Waals surface area contributed by atoms with Crippen molar-refractivity contribution in [3.8, 4) is 5.75 Å². The number of ketones is 1. The monoisotopic (exact) mass is 393 g/mol. The van der Waals surface area contributed by atoms with Crippen LogP contribution in [-0.2, 0) is 19.5 Å². The van der Waals surface area contributed by atoms with Gasteiger partial charge in [-0.2, -0.15) is 0 Å². The van der Waals surface area contributed by atoms with Gasteiger partial charge in [-0.3, -0.25) is 14.6 Å². The molecule has 0 bridgehead atoms. The third kappa shape index (κ3) is 4.31. The molecule has 1 aromatic carbocycles. The van der Waals surface area contributed by atoms with E-state index in [1.165, 1.54) is 11.1 Å². The summed E-state index contributed by atoms with van der Waals surface area (Å²) < 4.78 is 7.76. The van der Waals surface area contributed by atoms with Gasteiger partial charge < -0.3 is 9.30 Å². The topological polar surface area (TPSA) is 37.7 Å². The van der Waals surface area contributed by atoms with Crippen molar-refractivity contribution in [1.82, 2.24) is 14.4 Å². The molecule has 0 N–H and O–H groups in total. The zero-order valence-electron chi connectivity index (χ0n) is 17.6. The summed E-state index contributed by atoms with van der Waals surface area (Å²) in [6.07, 6.45) is 2.90. The van der Waals surface area contributed by atoms with E-state index in [2.05, 4.69) is 46.1 Å². The Labute approximate surface area is 173 Å². The van der Waals surface area contributed by atoms with Gasteiger partial charge >= 0.3 is 0 Å². The maximum absolute atomic E-state index is 12.9. The maximum atomic E-state index is 12.9. The Morgan fingerprint density at radius 1 is 1.14 bits per heavy atom. The first-order chi connectivity index (χ1) is 14.0. The molecule has 1 fully saturated rings. The molecule has 29 heavy (non-hydrogen) atoms. The number of carbonyl (C=O) groups excluding carboxylic acids is 1. The zero-order chi connectivity index (χ0) is 20.4. The second-order valence-corrected chi connectivity index (χ2v) is 8.20. The van der Waals surface area contributed by atoms with Gasteiger partial charge in [0.05, 0.1) is 13.2 Å². The Morgan fingerprint density at radius 3 is 2.66 bits per heavy atom. The zero-order valence-corrected chi connectivity index (χ0v) is 17.6. The van der Waals surface area contributed by atoms with Crippen molar-refractivity contribution in [3.63, 3.8) is 0 Å². The molecule has 1 saturated heterocycles. The van der Waals surface area contributed by atoms with Gasteiger partial charge in [-0.15, -0.1) is 6.58 Å². The van der Waals surface area contributed by atoms with E-state index in [0.29, 0.717) is 6.54 Å². The van der Waals surface area contributed by atoms with E-state index >= 15 is 0 Å². The quantitative estimate of drug-likeness (QED) is 0.535. The first-order valence-electron chi connectivity index (χ1n) is 10.6. The molecule has 2 aliphatic rings. The largest absolute Gasteiger partial charge is 0.493 e. The first kappa shape index (κ1) is 19.9. The van der Waals surface area contributed by atoms with Crippen LogP contribution in [-0.4, -0.2) is 59.5 Å². The molecule has 154 valence electrons. The standard InChI is InChI=1S/C24H31N3O2/c1-4-8-27-18(2)14-22(19(27)3)23(28)17-26-11-9-25(10-12-26)16-20-5-6-24-21(15-20)7-13-29-24/h4-6,14-15H,1,7-13,16-17H2,2-3H3. The second kappa shape index (κ2) is 8.56. The van der Waals surface area contributed by atoms with Crippen molar-refractivity contribution in [2.75, 3.05) is 39.3 Å². The molecule has 0 aliphatic carbocycles. The molecule has 0 radical (unpaired) electrons. The molecule has 0 amide bonds. The van der Waals surface area contributed by atoms with Crippen LogP contribution < -0.4 is 4.74 Å². The smallest absolute Gasteiger partial charge is 0.178 e. The molecule has 2 aromatic rings. The van der Waals surface area contributed by atoms with E-state index in [1.807, 2.05) is 19.1 Å². The van der Waals surface area contributed by atoms with Gasteiger partial charge in [-0.25, -0.2) is 0 Å². The normalized spacial score (nSPS) is 17.2. The summed E-state index contributed by atoms with van der Waals surface area (Å²) in [5.74, 6) is 1.27. The molecule has 4 rings (SSSR count). The summed E-state index contributed by atoms with van der Waals surface area (Å²) in [5, 5.41) is 0. The Morgan fingerprint density at radius 2 is 1.90 bits per heavy atom. The minimum Gasteiger partial charge on any atom is -0.493 e. The summed E-state index contributed by atoms with van der Waals surface area (Å²) in [5.41, 5.74) is 5.71. The molecule has 0 saturated carbocycles. The number of ether oxygens (including phenoxy) is 1. The predicted octanol–water partition coefficient (Wildman–Crippen LogP) is 3.23. The molecule has 0 atom stereocenters. The Bertz CT molecular complexity index is 907. The van der Waals surface area contributed by atoms with Crippen LogP contribution in [0.3, 0.4) is 0 Å². The summed E-state index contributed by atoms with van der Waals surface area (Å²) in [6.45, 7) is 14.8. The van der Waals surface area contributed by atoms with Crippen LogP contribution in [0.2, 0.25) is 0 Å². The molecule has 1 aromatic heterocycles. The van der Waals surface area contributed by atoms with Gasteiger partial charge in [0.25, 0.3) is 0 Å². The minimum absolute atomic E-state index is 0.223. The summed E-state index contributed by atoms with van der Waals surface area (Å²) in [6, 6.07) is 8.60. The highest BCUT2D eigenvalue weighted by molar-refractivity contribution is 5.99. The van der Waals surface area contributed by atoms with E-state index < -0.39 is 0 Å². The predicted molar refractivity (Wildman–Crippen MR) is 116 cm³/mol. The molecule has 5 heteroatoms. The van der Waals surface area contributed by atoms with Gasteiger partial charge in [0.1, 0.15) is 5.75 Å². The number of benzene rings is 1. The van der Waals surface area contributed by atoms with Crippen molar-refractivity contribution < 1.29 is 9.53 Å². The lowest BCUT2D eigenvalue weighted by molar-refractivity contribution is 0.0843. The van der Waals surface area contributed by atoms with E-state index in [1.54, 1.807) is 0 Å². The van der Waals surface area contributed by atoms with Crippen molar-refractivity contribution in [2.45, 2.75) is 33.4 Å². The van der Waals surface area contributed by atoms with E-state index in [-0.39, 0.29) is 5.78 Å². The number of allylic oxidation sites excluding steroid dienone is 1. The van der Waals surface area contributed by atoms with Crippen molar-refractivity contribution in [1.29, 1.82) is 0 Å². The first-order valence-corrected chi connectivity index (χ1v) is 10.6. The molecular weight excluding hydrogens is 362 g/mol. The Balaban J connectivity index is 1.30. The number of Topliss-reactive ketones (excluding diaryl/α,β-unsaturated/α-hetero) is 1. The van der Waals surface area contributed by atoms with Crippen LogP contribution in [0, 0.1) is 13.8 Å². The fourth-order valence-electron chi connectivity index (χ4n) is 4.48. The number of hydrogen-bond donors (Lipinski definition) is 0. The van der Waals surface area contributed by atoms with Gasteiger partial charge in [-0.1, -0.05) is 18.2 Å². The third-order valence-corrected chi connectivity index (χ3v) is 6.18. The van der Waals surface area contributed by atoms with Crippen LogP contribution in [0.1, 0.15) is 32.9 Å². The summed E-state index contributed by atoms with van der Waals surface area (Å²) in [4.78, 5) is 17.6. The van der Waals surface area contributed by atoms with Crippen LogP contribution >= 0.6 is 0 Å². The van der Waals surface area contributed by atoms with Crippen LogP contribution in [0.4, 0.5) is 0 Å². The lowest BCUT2D eigenvalue weighted by Gasteiger charge is -2.34. The summed E-state index contributed by atoms with van der Waals surface area (Å²) >= 11 is 0. The Hall–Kier alpha value is -2.37. The number of rotatable bonds is 7. The Kier molecular flexibility index (Phi) is 5.88. The molecule has 0 spiro atoms. The van der Waals surface area contributed by atoms with Gasteiger partial charge in [0, 0.05) is 62.6 Å². The molecule has 2 aliphatic heterocycles.